The molecule has 1 aliphatic heterocycles. The van der Waals surface area contributed by atoms with E-state index in [1.54, 1.807) is 0 Å². The van der Waals surface area contributed by atoms with Gasteiger partial charge in [-0.3, -0.25) is 9.59 Å². The molecule has 53 heavy (non-hydrogen) atoms. The van der Waals surface area contributed by atoms with Crippen LogP contribution in [-0.4, -0.2) is 48.7 Å². The highest BCUT2D eigenvalue weighted by Gasteiger charge is 2.33. The van der Waals surface area contributed by atoms with Crippen molar-refractivity contribution in [2.75, 3.05) is 19.7 Å². The molecule has 1 saturated heterocycles. The van der Waals surface area contributed by atoms with Crippen LogP contribution in [0.5, 0.6) is 0 Å². The lowest BCUT2D eigenvalue weighted by molar-refractivity contribution is -0.150. The molecular formula is C48H91NO4. The Morgan fingerprint density at radius 2 is 1.08 bits per heavy atom. The standard InChI is InChI=1S/C48H91NO4/c1-4-7-10-13-16-17-18-21-27-42-52-47(50)37-29-32-44-39-41-49(40-38-43-30-28-31-43)46(44)35-25-22-26-36-48(51)53-45(33-23-19-14-11-8-5-2)34-24-20-15-12-9-6-3/h43-46H,4-42H2,1-3H3. The van der Waals surface area contributed by atoms with Crippen LogP contribution >= 0.6 is 0 Å². The molecule has 0 bridgehead atoms. The third-order valence-corrected chi connectivity index (χ3v) is 12.8. The predicted molar refractivity (Wildman–Crippen MR) is 226 cm³/mol. The molecule has 0 aromatic carbocycles. The summed E-state index contributed by atoms with van der Waals surface area (Å²) >= 11 is 0. The highest BCUT2D eigenvalue weighted by Crippen LogP contribution is 2.35. The summed E-state index contributed by atoms with van der Waals surface area (Å²) in [6.07, 6.45) is 43.9. The Balaban J connectivity index is 1.67. The largest absolute Gasteiger partial charge is 0.466 e. The summed E-state index contributed by atoms with van der Waals surface area (Å²) < 4.78 is 11.8. The molecule has 0 aromatic rings. The Morgan fingerprint density at radius 1 is 0.547 bits per heavy atom. The minimum Gasteiger partial charge on any atom is -0.466 e. The summed E-state index contributed by atoms with van der Waals surface area (Å²) in [4.78, 5) is 28.3. The quantitative estimate of drug-likeness (QED) is 0.0465. The van der Waals surface area contributed by atoms with Crippen molar-refractivity contribution in [2.45, 2.75) is 264 Å². The van der Waals surface area contributed by atoms with Gasteiger partial charge in [-0.05, 0) is 95.6 Å². The van der Waals surface area contributed by atoms with Gasteiger partial charge in [-0.15, -0.1) is 0 Å². The molecule has 2 fully saturated rings. The highest BCUT2D eigenvalue weighted by atomic mass is 16.5. The molecule has 0 aromatic heterocycles. The first-order chi connectivity index (χ1) is 26.1. The Labute approximate surface area is 330 Å². The molecule has 1 saturated carbocycles. The van der Waals surface area contributed by atoms with Crippen LogP contribution in [-0.2, 0) is 19.1 Å². The lowest BCUT2D eigenvalue weighted by Gasteiger charge is -2.32. The molecule has 2 atom stereocenters. The van der Waals surface area contributed by atoms with Crippen molar-refractivity contribution in [3.05, 3.63) is 0 Å². The number of hydrogen-bond donors (Lipinski definition) is 0. The molecule has 5 nitrogen and oxygen atoms in total. The van der Waals surface area contributed by atoms with Crippen LogP contribution in [0.25, 0.3) is 0 Å². The number of hydrogen-bond acceptors (Lipinski definition) is 5. The van der Waals surface area contributed by atoms with Crippen molar-refractivity contribution in [1.82, 2.24) is 4.90 Å². The Bertz CT molecular complexity index is 827. The maximum absolute atomic E-state index is 13.0. The second kappa shape index (κ2) is 34.2. The zero-order valence-electron chi connectivity index (χ0n) is 36.0. The van der Waals surface area contributed by atoms with Crippen LogP contribution in [0.3, 0.4) is 0 Å². The lowest BCUT2D eigenvalue weighted by Crippen LogP contribution is -2.35. The van der Waals surface area contributed by atoms with Gasteiger partial charge in [0.2, 0.25) is 0 Å². The molecule has 1 aliphatic carbocycles. The monoisotopic (exact) mass is 746 g/mol. The molecule has 312 valence electrons. The number of unbranched alkanes of at least 4 members (excludes halogenated alkanes) is 20. The molecule has 2 aliphatic rings. The molecule has 5 heteroatoms. The number of carbonyl (C=O) groups excluding carboxylic acids is 2. The van der Waals surface area contributed by atoms with Crippen molar-refractivity contribution in [3.8, 4) is 0 Å². The van der Waals surface area contributed by atoms with Gasteiger partial charge < -0.3 is 14.4 Å². The van der Waals surface area contributed by atoms with Gasteiger partial charge in [0.15, 0.2) is 0 Å². The second-order valence-corrected chi connectivity index (χ2v) is 17.5. The van der Waals surface area contributed by atoms with Gasteiger partial charge in [-0.2, -0.15) is 0 Å². The average molecular weight is 746 g/mol. The van der Waals surface area contributed by atoms with E-state index in [1.807, 2.05) is 0 Å². The fraction of sp³-hybridized carbons (Fsp3) is 0.958. The first kappa shape index (κ1) is 48.0. The topological polar surface area (TPSA) is 55.8 Å². The molecule has 0 N–H and O–H groups in total. The van der Waals surface area contributed by atoms with E-state index >= 15 is 0 Å². The number of nitrogens with zero attached hydrogens (tertiary/aromatic N) is 1. The minimum absolute atomic E-state index is 0.00836. The first-order valence-corrected chi connectivity index (χ1v) is 24.2. The Hall–Kier alpha value is -1.10. The van der Waals surface area contributed by atoms with Gasteiger partial charge in [0, 0.05) is 18.9 Å². The number of ether oxygens (including phenoxy) is 2. The van der Waals surface area contributed by atoms with Crippen molar-refractivity contribution in [2.24, 2.45) is 11.8 Å². The summed E-state index contributed by atoms with van der Waals surface area (Å²) in [7, 11) is 0. The van der Waals surface area contributed by atoms with Crippen LogP contribution in [0.15, 0.2) is 0 Å². The van der Waals surface area contributed by atoms with Gasteiger partial charge in [-0.1, -0.05) is 168 Å². The zero-order valence-corrected chi connectivity index (χ0v) is 36.0. The maximum Gasteiger partial charge on any atom is 0.306 e. The van der Waals surface area contributed by atoms with Gasteiger partial charge in [-0.25, -0.2) is 0 Å². The molecular weight excluding hydrogens is 655 g/mol. The van der Waals surface area contributed by atoms with Crippen LogP contribution in [0.4, 0.5) is 0 Å². The average Bonchev–Trinajstić information content (AvgIpc) is 3.51. The summed E-state index contributed by atoms with van der Waals surface area (Å²) in [5, 5.41) is 0. The molecule has 2 unspecified atom stereocenters. The highest BCUT2D eigenvalue weighted by molar-refractivity contribution is 5.69. The molecule has 0 spiro atoms. The van der Waals surface area contributed by atoms with Gasteiger partial charge in [0.05, 0.1) is 6.61 Å². The van der Waals surface area contributed by atoms with E-state index in [9.17, 15) is 9.59 Å². The van der Waals surface area contributed by atoms with Gasteiger partial charge in [0.1, 0.15) is 6.10 Å². The zero-order chi connectivity index (χ0) is 38.0. The van der Waals surface area contributed by atoms with E-state index in [2.05, 4.69) is 25.7 Å². The van der Waals surface area contributed by atoms with Gasteiger partial charge >= 0.3 is 11.9 Å². The first-order valence-electron chi connectivity index (χ1n) is 24.2. The summed E-state index contributed by atoms with van der Waals surface area (Å²) in [6, 6.07) is 0.638. The van der Waals surface area contributed by atoms with E-state index in [0.717, 1.165) is 50.9 Å². The molecule has 2 rings (SSSR count). The Kier molecular flexibility index (Phi) is 31.0. The van der Waals surface area contributed by atoms with Crippen molar-refractivity contribution in [3.63, 3.8) is 0 Å². The number of esters is 2. The predicted octanol–water partition coefficient (Wildman–Crippen LogP) is 14.5. The molecule has 1 heterocycles. The maximum atomic E-state index is 13.0. The van der Waals surface area contributed by atoms with E-state index in [0.29, 0.717) is 31.4 Å². The molecule has 0 amide bonds. The lowest BCUT2D eigenvalue weighted by atomic mass is 9.83. The van der Waals surface area contributed by atoms with E-state index in [-0.39, 0.29) is 18.0 Å². The Morgan fingerprint density at radius 3 is 1.64 bits per heavy atom. The SMILES string of the molecule is CCCCCCCCCCCOC(=O)CCCC1CCN(CCC2CCC2)C1CCCCCC(=O)OC(CCCCCCCC)CCCCCCCC. The van der Waals surface area contributed by atoms with Gasteiger partial charge in [0.25, 0.3) is 0 Å². The second-order valence-electron chi connectivity index (χ2n) is 17.5. The summed E-state index contributed by atoms with van der Waals surface area (Å²) in [6.45, 7) is 9.88. The summed E-state index contributed by atoms with van der Waals surface area (Å²) in [5.41, 5.74) is 0. The van der Waals surface area contributed by atoms with Crippen molar-refractivity contribution in [1.29, 1.82) is 0 Å². The number of likely N-dealkylation sites (tertiary alicyclic amines) is 1. The number of rotatable bonds is 38. The van der Waals surface area contributed by atoms with Crippen molar-refractivity contribution < 1.29 is 19.1 Å². The third kappa shape index (κ3) is 25.6. The number of carbonyl (C=O) groups is 2. The third-order valence-electron chi connectivity index (χ3n) is 12.8. The molecule has 0 radical (unpaired) electrons. The fourth-order valence-corrected chi connectivity index (χ4v) is 8.94. The fourth-order valence-electron chi connectivity index (χ4n) is 8.94. The summed E-state index contributed by atoms with van der Waals surface area (Å²) in [5.74, 6) is 1.69. The normalized spacial score (nSPS) is 17.8. The van der Waals surface area contributed by atoms with E-state index < -0.39 is 0 Å². The minimum atomic E-state index is 0.00836. The van der Waals surface area contributed by atoms with E-state index in [1.165, 1.54) is 186 Å². The van der Waals surface area contributed by atoms with Crippen LogP contribution in [0.2, 0.25) is 0 Å². The van der Waals surface area contributed by atoms with Crippen LogP contribution in [0, 0.1) is 11.8 Å². The van der Waals surface area contributed by atoms with Crippen LogP contribution < -0.4 is 0 Å². The van der Waals surface area contributed by atoms with E-state index in [4.69, 9.17) is 9.47 Å². The smallest absolute Gasteiger partial charge is 0.306 e. The van der Waals surface area contributed by atoms with Crippen LogP contribution in [0.1, 0.15) is 252 Å². The van der Waals surface area contributed by atoms with Crippen molar-refractivity contribution >= 4 is 11.9 Å².